The predicted octanol–water partition coefficient (Wildman–Crippen LogP) is 5.41. The molecule has 0 saturated carbocycles. The molecule has 0 radical (unpaired) electrons. The maximum absolute atomic E-state index is 13.2. The average Bonchev–Trinajstić information content (AvgIpc) is 3.15. The maximum Gasteiger partial charge on any atom is 0.257 e. The minimum atomic E-state index is -3.63. The molecule has 3 aromatic rings. The predicted molar refractivity (Wildman–Crippen MR) is 132 cm³/mol. The van der Waals surface area contributed by atoms with Crippen LogP contribution in [0.3, 0.4) is 0 Å². The fraction of sp³-hybridized carbons (Fsp3) is 0.417. The summed E-state index contributed by atoms with van der Waals surface area (Å²) in [7, 11) is -3.63. The van der Waals surface area contributed by atoms with Crippen LogP contribution in [0.25, 0.3) is 10.2 Å². The number of hydrogen-bond acceptors (Lipinski definition) is 5. The van der Waals surface area contributed by atoms with E-state index < -0.39 is 10.0 Å². The lowest BCUT2D eigenvalue weighted by atomic mass is 10.1. The van der Waals surface area contributed by atoms with Gasteiger partial charge in [-0.3, -0.25) is 10.1 Å². The van der Waals surface area contributed by atoms with Crippen LogP contribution < -0.4 is 5.32 Å². The van der Waals surface area contributed by atoms with E-state index in [2.05, 4.69) is 17.2 Å². The first-order valence-corrected chi connectivity index (χ1v) is 13.2. The molecule has 0 saturated heterocycles. The molecule has 0 aliphatic carbocycles. The van der Waals surface area contributed by atoms with Crippen molar-refractivity contribution in [2.75, 3.05) is 18.4 Å². The molecule has 0 atom stereocenters. The van der Waals surface area contributed by atoms with E-state index in [1.54, 1.807) is 12.1 Å². The van der Waals surface area contributed by atoms with Crippen LogP contribution in [-0.2, 0) is 16.4 Å². The van der Waals surface area contributed by atoms with Gasteiger partial charge in [0.1, 0.15) is 0 Å². The first-order valence-electron chi connectivity index (χ1n) is 10.9. The molecule has 2 aromatic carbocycles. The molecule has 0 fully saturated rings. The number of fused-ring (bicyclic) bond motifs is 1. The Morgan fingerprint density at radius 1 is 1.03 bits per heavy atom. The number of amides is 1. The number of para-hydroxylation sites is 1. The highest BCUT2D eigenvalue weighted by Gasteiger charge is 2.26. The van der Waals surface area contributed by atoms with Gasteiger partial charge in [0.15, 0.2) is 5.13 Å². The zero-order valence-corrected chi connectivity index (χ0v) is 20.9. The number of carbonyl (C=O) groups is 1. The second kappa shape index (κ2) is 10.1. The van der Waals surface area contributed by atoms with Crippen molar-refractivity contribution in [3.8, 4) is 0 Å². The minimum absolute atomic E-state index is 0.197. The molecule has 32 heavy (non-hydrogen) atoms. The van der Waals surface area contributed by atoms with E-state index >= 15 is 0 Å². The normalized spacial score (nSPS) is 12.2. The van der Waals surface area contributed by atoms with E-state index in [0.29, 0.717) is 23.8 Å². The highest BCUT2D eigenvalue weighted by molar-refractivity contribution is 7.89. The van der Waals surface area contributed by atoms with E-state index in [4.69, 9.17) is 0 Å². The molecule has 0 aliphatic rings. The Labute approximate surface area is 194 Å². The maximum atomic E-state index is 13.2. The third kappa shape index (κ3) is 5.54. The fourth-order valence-corrected chi connectivity index (χ4v) is 6.20. The number of nitrogens with one attached hydrogen (secondary N) is 1. The monoisotopic (exact) mass is 473 g/mol. The molecule has 1 amide bonds. The summed E-state index contributed by atoms with van der Waals surface area (Å²) in [5.41, 5.74) is 2.44. The number of aryl methyl sites for hydroxylation is 1. The third-order valence-corrected chi connectivity index (χ3v) is 7.78. The number of carbonyl (C=O) groups excluding carboxylic acids is 1. The van der Waals surface area contributed by atoms with E-state index in [-0.39, 0.29) is 22.6 Å². The molecule has 172 valence electrons. The highest BCUT2D eigenvalue weighted by Crippen LogP contribution is 2.29. The first kappa shape index (κ1) is 24.4. The fourth-order valence-electron chi connectivity index (χ4n) is 3.53. The van der Waals surface area contributed by atoms with Crippen LogP contribution in [-0.4, -0.2) is 36.7 Å². The summed E-state index contributed by atoms with van der Waals surface area (Å²) >= 11 is 1.43. The quantitative estimate of drug-likeness (QED) is 0.450. The van der Waals surface area contributed by atoms with Gasteiger partial charge in [0, 0.05) is 18.7 Å². The number of thiazole rings is 1. The Bertz CT molecular complexity index is 1170. The van der Waals surface area contributed by atoms with Crippen molar-refractivity contribution in [2.45, 2.75) is 45.9 Å². The lowest BCUT2D eigenvalue weighted by molar-refractivity contribution is 0.102. The molecule has 0 aliphatic heterocycles. The van der Waals surface area contributed by atoms with Gasteiger partial charge in [-0.15, -0.1) is 0 Å². The number of sulfonamides is 1. The standard InChI is InChI=1S/C24H31N3O3S2/c1-6-18-8-7-9-21-22(18)25-24(31-21)26-23(28)19-10-12-20(13-11-19)32(29,30)27(14-16(2)3)15-17(4)5/h7-13,16-17H,6,14-15H2,1-5H3,(H,25,26,28). The van der Waals surface area contributed by atoms with Gasteiger partial charge in [-0.2, -0.15) is 4.31 Å². The summed E-state index contributed by atoms with van der Waals surface area (Å²) in [5, 5.41) is 3.37. The summed E-state index contributed by atoms with van der Waals surface area (Å²) in [6, 6.07) is 12.1. The van der Waals surface area contributed by atoms with Crippen LogP contribution in [0.15, 0.2) is 47.4 Å². The van der Waals surface area contributed by atoms with Crippen molar-refractivity contribution in [3.05, 3.63) is 53.6 Å². The molecular formula is C24H31N3O3S2. The number of aromatic nitrogens is 1. The third-order valence-electron chi connectivity index (χ3n) is 5.00. The van der Waals surface area contributed by atoms with Gasteiger partial charge < -0.3 is 0 Å². The highest BCUT2D eigenvalue weighted by atomic mass is 32.2. The SMILES string of the molecule is CCc1cccc2sc(NC(=O)c3ccc(S(=O)(=O)N(CC(C)C)CC(C)C)cc3)nc12. The zero-order chi connectivity index (χ0) is 23.5. The van der Waals surface area contributed by atoms with E-state index in [1.807, 2.05) is 45.9 Å². The van der Waals surface area contributed by atoms with Crippen LogP contribution in [0.5, 0.6) is 0 Å². The Hall–Kier alpha value is -2.29. The van der Waals surface area contributed by atoms with Crippen molar-refractivity contribution in [3.63, 3.8) is 0 Å². The van der Waals surface area contributed by atoms with Crippen molar-refractivity contribution in [1.82, 2.24) is 9.29 Å². The Balaban J connectivity index is 1.79. The molecule has 0 bridgehead atoms. The van der Waals surface area contributed by atoms with Crippen LogP contribution in [0, 0.1) is 11.8 Å². The van der Waals surface area contributed by atoms with Crippen molar-refractivity contribution < 1.29 is 13.2 Å². The number of hydrogen-bond donors (Lipinski definition) is 1. The van der Waals surface area contributed by atoms with Gasteiger partial charge in [0.2, 0.25) is 10.0 Å². The van der Waals surface area contributed by atoms with Crippen LogP contribution in [0.2, 0.25) is 0 Å². The summed E-state index contributed by atoms with van der Waals surface area (Å²) in [6.07, 6.45) is 0.870. The molecule has 6 nitrogen and oxygen atoms in total. The van der Waals surface area contributed by atoms with E-state index in [1.165, 1.54) is 27.8 Å². The van der Waals surface area contributed by atoms with E-state index in [0.717, 1.165) is 22.2 Å². The van der Waals surface area contributed by atoms with Gasteiger partial charge in [0.05, 0.1) is 15.1 Å². The second-order valence-corrected chi connectivity index (χ2v) is 11.7. The van der Waals surface area contributed by atoms with Gasteiger partial charge in [-0.05, 0) is 54.2 Å². The number of rotatable bonds is 9. The van der Waals surface area contributed by atoms with Crippen molar-refractivity contribution >= 4 is 42.6 Å². The van der Waals surface area contributed by atoms with Crippen molar-refractivity contribution in [1.29, 1.82) is 0 Å². The van der Waals surface area contributed by atoms with Gasteiger partial charge in [-0.25, -0.2) is 13.4 Å². The van der Waals surface area contributed by atoms with Gasteiger partial charge >= 0.3 is 0 Å². The van der Waals surface area contributed by atoms with Crippen LogP contribution in [0.4, 0.5) is 5.13 Å². The summed E-state index contributed by atoms with van der Waals surface area (Å²) in [6.45, 7) is 11.0. The number of benzene rings is 2. The van der Waals surface area contributed by atoms with Crippen LogP contribution >= 0.6 is 11.3 Å². The molecule has 0 unspecified atom stereocenters. The lowest BCUT2D eigenvalue weighted by Crippen LogP contribution is -2.37. The number of nitrogens with zero attached hydrogens (tertiary/aromatic N) is 2. The summed E-state index contributed by atoms with van der Waals surface area (Å²) in [5.74, 6) is 0.124. The average molecular weight is 474 g/mol. The molecule has 1 heterocycles. The molecule has 1 aromatic heterocycles. The second-order valence-electron chi connectivity index (χ2n) is 8.72. The molecule has 8 heteroatoms. The smallest absolute Gasteiger partial charge is 0.257 e. The van der Waals surface area contributed by atoms with Gasteiger partial charge in [-0.1, -0.05) is 58.1 Å². The Morgan fingerprint density at radius 3 is 2.22 bits per heavy atom. The first-order chi connectivity index (χ1) is 15.1. The molecule has 1 N–H and O–H groups in total. The molecule has 3 rings (SSSR count). The summed E-state index contributed by atoms with van der Waals surface area (Å²) in [4.78, 5) is 17.5. The zero-order valence-electron chi connectivity index (χ0n) is 19.3. The van der Waals surface area contributed by atoms with Gasteiger partial charge in [0.25, 0.3) is 5.91 Å². The minimum Gasteiger partial charge on any atom is -0.298 e. The lowest BCUT2D eigenvalue weighted by Gasteiger charge is -2.25. The largest absolute Gasteiger partial charge is 0.298 e. The Morgan fingerprint density at radius 2 is 1.66 bits per heavy atom. The van der Waals surface area contributed by atoms with E-state index in [9.17, 15) is 13.2 Å². The van der Waals surface area contributed by atoms with Crippen molar-refractivity contribution in [2.24, 2.45) is 11.8 Å². The molecule has 0 spiro atoms. The Kier molecular flexibility index (Phi) is 7.69. The molecular weight excluding hydrogens is 442 g/mol. The summed E-state index contributed by atoms with van der Waals surface area (Å²) < 4.78 is 28.9. The van der Waals surface area contributed by atoms with Crippen LogP contribution in [0.1, 0.15) is 50.5 Å². The number of anilines is 1. The topological polar surface area (TPSA) is 79.4 Å².